The molecule has 0 unspecified atom stereocenters. The molecule has 0 spiro atoms. The van der Waals surface area contributed by atoms with Gasteiger partial charge < -0.3 is 4.43 Å². The fraction of sp³-hybridized carbons (Fsp3) is 0.462. The van der Waals surface area contributed by atoms with Crippen LogP contribution in [0.1, 0.15) is 31.1 Å². The Morgan fingerprint density at radius 1 is 1.29 bits per heavy atom. The van der Waals surface area contributed by atoms with Crippen LogP contribution in [0.15, 0.2) is 24.3 Å². The van der Waals surface area contributed by atoms with Gasteiger partial charge in [0.2, 0.25) is 0 Å². The lowest BCUT2D eigenvalue weighted by molar-refractivity contribution is 0.0712. The van der Waals surface area contributed by atoms with Crippen molar-refractivity contribution in [3.05, 3.63) is 34.9 Å². The van der Waals surface area contributed by atoms with Crippen LogP contribution in [0.2, 0.25) is 23.2 Å². The Kier molecular flexibility index (Phi) is 4.05. The van der Waals surface area contributed by atoms with E-state index in [4.69, 9.17) is 16.0 Å². The van der Waals surface area contributed by atoms with Crippen LogP contribution >= 0.6 is 11.6 Å². The average molecular weight is 271 g/mol. The number of carbonyl (C=O) groups is 1. The van der Waals surface area contributed by atoms with Gasteiger partial charge in [0, 0.05) is 5.02 Å². The van der Waals surface area contributed by atoms with E-state index in [1.54, 1.807) is 24.3 Å². The summed E-state index contributed by atoms with van der Waals surface area (Å²) in [6.45, 7) is 10.4. The van der Waals surface area contributed by atoms with Crippen LogP contribution in [0.3, 0.4) is 0 Å². The first-order chi connectivity index (χ1) is 7.63. The summed E-state index contributed by atoms with van der Waals surface area (Å²) >= 11 is 5.85. The van der Waals surface area contributed by atoms with Crippen molar-refractivity contribution < 1.29 is 9.22 Å². The van der Waals surface area contributed by atoms with Crippen molar-refractivity contribution in [3.63, 3.8) is 0 Å². The highest BCUT2D eigenvalue weighted by Crippen LogP contribution is 2.37. The van der Waals surface area contributed by atoms with Crippen LogP contribution < -0.4 is 0 Å². The Hall–Kier alpha value is -0.803. The summed E-state index contributed by atoms with van der Waals surface area (Å²) in [7, 11) is -2.06. The number of carbonyl (C=O) groups excluding carboxylic acids is 1. The van der Waals surface area contributed by atoms with E-state index in [2.05, 4.69) is 33.9 Å². The highest BCUT2D eigenvalue weighted by Gasteiger charge is 2.40. The second kappa shape index (κ2) is 4.82. The number of halogens is 1. The molecule has 0 heterocycles. The van der Waals surface area contributed by atoms with E-state index in [1.165, 1.54) is 0 Å². The molecule has 17 heavy (non-hydrogen) atoms. The highest BCUT2D eigenvalue weighted by atomic mass is 35.5. The second-order valence-electron chi connectivity index (χ2n) is 5.66. The number of benzene rings is 1. The summed E-state index contributed by atoms with van der Waals surface area (Å²) in [5.41, 5.74) is 0.516. The van der Waals surface area contributed by atoms with Crippen LogP contribution in [0.25, 0.3) is 0 Å². The first kappa shape index (κ1) is 14.3. The molecule has 0 aliphatic carbocycles. The van der Waals surface area contributed by atoms with Crippen LogP contribution in [0.5, 0.6) is 0 Å². The van der Waals surface area contributed by atoms with Crippen molar-refractivity contribution >= 4 is 25.9 Å². The summed E-state index contributed by atoms with van der Waals surface area (Å²) in [6, 6.07) is 6.85. The lowest BCUT2D eigenvalue weighted by Gasteiger charge is -2.35. The summed E-state index contributed by atoms with van der Waals surface area (Å²) in [5.74, 6) is -0.279. The van der Waals surface area contributed by atoms with Gasteiger partial charge in [0.25, 0.3) is 8.32 Å². The van der Waals surface area contributed by atoms with Crippen molar-refractivity contribution in [1.29, 1.82) is 0 Å². The summed E-state index contributed by atoms with van der Waals surface area (Å²) < 4.78 is 5.68. The first-order valence-corrected chi connectivity index (χ1v) is 8.91. The molecule has 0 radical (unpaired) electrons. The molecule has 0 amide bonds. The standard InChI is InChI=1S/C13H19ClO2Si/c1-13(2,3)17(4,5)16-12(15)10-7-6-8-11(14)9-10/h6-9H,1-5H3. The zero-order valence-electron chi connectivity index (χ0n) is 11.0. The second-order valence-corrected chi connectivity index (χ2v) is 10.8. The van der Waals surface area contributed by atoms with Crippen molar-refractivity contribution in [2.75, 3.05) is 0 Å². The predicted octanol–water partition coefficient (Wildman–Crippen LogP) is 4.50. The van der Waals surface area contributed by atoms with Gasteiger partial charge in [0.15, 0.2) is 0 Å². The first-order valence-electron chi connectivity index (χ1n) is 5.62. The Morgan fingerprint density at radius 3 is 2.35 bits per heavy atom. The molecule has 0 atom stereocenters. The normalized spacial score (nSPS) is 12.4. The molecule has 0 saturated carbocycles. The lowest BCUT2D eigenvalue weighted by Crippen LogP contribution is -2.42. The number of hydrogen-bond acceptors (Lipinski definition) is 2. The van der Waals surface area contributed by atoms with Gasteiger partial charge in [-0.15, -0.1) is 0 Å². The Balaban J connectivity index is 2.87. The Morgan fingerprint density at radius 2 is 1.88 bits per heavy atom. The molecule has 0 fully saturated rings. The van der Waals surface area contributed by atoms with Crippen molar-refractivity contribution in [3.8, 4) is 0 Å². The minimum absolute atomic E-state index is 0.0151. The maximum atomic E-state index is 12.0. The van der Waals surface area contributed by atoms with Gasteiger partial charge >= 0.3 is 5.97 Å². The third kappa shape index (κ3) is 3.58. The van der Waals surface area contributed by atoms with E-state index in [0.717, 1.165) is 0 Å². The zero-order chi connectivity index (χ0) is 13.3. The van der Waals surface area contributed by atoms with E-state index in [0.29, 0.717) is 10.6 Å². The molecular formula is C13H19ClO2Si. The third-order valence-electron chi connectivity index (χ3n) is 3.21. The van der Waals surface area contributed by atoms with Crippen molar-refractivity contribution in [1.82, 2.24) is 0 Å². The summed E-state index contributed by atoms with van der Waals surface area (Å²) in [6.07, 6.45) is 0. The fourth-order valence-electron chi connectivity index (χ4n) is 1.06. The SMILES string of the molecule is CC(C)(C)[Si](C)(C)OC(=O)c1cccc(Cl)c1. The predicted molar refractivity (Wildman–Crippen MR) is 74.1 cm³/mol. The quantitative estimate of drug-likeness (QED) is 0.740. The van der Waals surface area contributed by atoms with Crippen LogP contribution in [0, 0.1) is 0 Å². The number of hydrogen-bond donors (Lipinski definition) is 0. The molecule has 1 rings (SSSR count). The lowest BCUT2D eigenvalue weighted by atomic mass is 10.2. The van der Waals surface area contributed by atoms with Crippen molar-refractivity contribution in [2.24, 2.45) is 0 Å². The van der Waals surface area contributed by atoms with E-state index in [1.807, 2.05) is 0 Å². The van der Waals surface area contributed by atoms with Gasteiger partial charge in [-0.05, 0) is 36.3 Å². The molecule has 1 aromatic rings. The zero-order valence-corrected chi connectivity index (χ0v) is 12.8. The third-order valence-corrected chi connectivity index (χ3v) is 7.76. The van der Waals surface area contributed by atoms with E-state index in [9.17, 15) is 4.79 Å². The fourth-order valence-corrected chi connectivity index (χ4v) is 2.14. The molecular weight excluding hydrogens is 252 g/mol. The van der Waals surface area contributed by atoms with Crippen LogP contribution in [-0.4, -0.2) is 14.3 Å². The minimum Gasteiger partial charge on any atom is -0.516 e. The van der Waals surface area contributed by atoms with Gasteiger partial charge in [0.05, 0.1) is 5.56 Å². The van der Waals surface area contributed by atoms with E-state index in [-0.39, 0.29) is 11.0 Å². The molecule has 4 heteroatoms. The summed E-state index contributed by atoms with van der Waals surface area (Å²) in [5, 5.41) is 0.566. The van der Waals surface area contributed by atoms with Crippen molar-refractivity contribution in [2.45, 2.75) is 38.9 Å². The summed E-state index contributed by atoms with van der Waals surface area (Å²) in [4.78, 5) is 12.0. The van der Waals surface area contributed by atoms with Gasteiger partial charge in [-0.2, -0.15) is 0 Å². The van der Waals surface area contributed by atoms with E-state index < -0.39 is 8.32 Å². The molecule has 0 aliphatic heterocycles. The van der Waals surface area contributed by atoms with Gasteiger partial charge in [-0.1, -0.05) is 38.4 Å². The van der Waals surface area contributed by atoms with Gasteiger partial charge in [-0.3, -0.25) is 0 Å². The molecule has 94 valence electrons. The Bertz CT molecular complexity index is 422. The largest absolute Gasteiger partial charge is 0.516 e. The highest BCUT2D eigenvalue weighted by molar-refractivity contribution is 6.75. The molecule has 0 N–H and O–H groups in total. The maximum Gasteiger partial charge on any atom is 0.324 e. The topological polar surface area (TPSA) is 26.3 Å². The minimum atomic E-state index is -2.06. The molecule has 0 aromatic heterocycles. The van der Waals surface area contributed by atoms with Crippen LogP contribution in [-0.2, 0) is 4.43 Å². The average Bonchev–Trinajstić information content (AvgIpc) is 2.15. The molecule has 1 aromatic carbocycles. The van der Waals surface area contributed by atoms with Crippen LogP contribution in [0.4, 0.5) is 0 Å². The molecule has 0 aliphatic rings. The Labute approximate surface area is 109 Å². The van der Waals surface area contributed by atoms with Gasteiger partial charge in [-0.25, -0.2) is 4.79 Å². The molecule has 0 saturated heterocycles. The van der Waals surface area contributed by atoms with E-state index >= 15 is 0 Å². The van der Waals surface area contributed by atoms with Gasteiger partial charge in [0.1, 0.15) is 0 Å². The monoisotopic (exact) mass is 270 g/mol. The number of rotatable bonds is 2. The maximum absolute atomic E-state index is 12.0. The smallest absolute Gasteiger partial charge is 0.324 e. The molecule has 0 bridgehead atoms. The molecule has 2 nitrogen and oxygen atoms in total.